The van der Waals surface area contributed by atoms with Crippen molar-refractivity contribution >= 4 is 50.4 Å². The number of halogens is 2. The van der Waals surface area contributed by atoms with Crippen molar-refractivity contribution in [1.82, 2.24) is 4.98 Å². The van der Waals surface area contributed by atoms with Crippen LogP contribution in [0.15, 0.2) is 56.6 Å². The lowest BCUT2D eigenvalue weighted by Gasteiger charge is -1.98. The van der Waals surface area contributed by atoms with Crippen molar-refractivity contribution < 1.29 is 4.42 Å². The topological polar surface area (TPSA) is 26.0 Å². The van der Waals surface area contributed by atoms with E-state index in [0.29, 0.717) is 5.22 Å². The molecule has 0 spiro atoms. The quantitative estimate of drug-likeness (QED) is 0.578. The lowest BCUT2D eigenvalue weighted by Crippen LogP contribution is -1.79. The highest BCUT2D eigenvalue weighted by Crippen LogP contribution is 2.28. The molecule has 0 atom stereocenters. The maximum atomic E-state index is 5.85. The Bertz CT molecular complexity index is 711. The molecule has 0 aliphatic carbocycles. The number of aromatic nitrogens is 1. The van der Waals surface area contributed by atoms with E-state index in [9.17, 15) is 0 Å². The molecule has 1 heterocycles. The summed E-state index contributed by atoms with van der Waals surface area (Å²) in [5.74, 6) is 0.811. The molecule has 2 aromatic carbocycles. The average molecular weight is 355 g/mol. The van der Waals surface area contributed by atoms with Crippen LogP contribution in [0.1, 0.15) is 5.56 Å². The van der Waals surface area contributed by atoms with Crippen molar-refractivity contribution in [3.63, 3.8) is 0 Å². The van der Waals surface area contributed by atoms with E-state index in [1.54, 1.807) is 11.8 Å². The van der Waals surface area contributed by atoms with Crippen LogP contribution < -0.4 is 0 Å². The van der Waals surface area contributed by atoms with Gasteiger partial charge in [0.15, 0.2) is 5.58 Å². The van der Waals surface area contributed by atoms with Gasteiger partial charge in [0.1, 0.15) is 5.52 Å². The van der Waals surface area contributed by atoms with E-state index >= 15 is 0 Å². The Labute approximate surface area is 128 Å². The number of thioether (sulfide) groups is 1. The van der Waals surface area contributed by atoms with Gasteiger partial charge in [0, 0.05) is 15.2 Å². The Morgan fingerprint density at radius 3 is 2.74 bits per heavy atom. The van der Waals surface area contributed by atoms with E-state index in [4.69, 9.17) is 16.0 Å². The highest BCUT2D eigenvalue weighted by molar-refractivity contribution is 9.10. The monoisotopic (exact) mass is 353 g/mol. The number of fused-ring (bicyclic) bond motifs is 1. The molecule has 19 heavy (non-hydrogen) atoms. The van der Waals surface area contributed by atoms with Crippen LogP contribution in [0, 0.1) is 0 Å². The van der Waals surface area contributed by atoms with Crippen LogP contribution in [0.2, 0.25) is 5.02 Å². The van der Waals surface area contributed by atoms with Crippen molar-refractivity contribution in [1.29, 1.82) is 0 Å². The van der Waals surface area contributed by atoms with Gasteiger partial charge in [0.05, 0.1) is 0 Å². The Kier molecular flexibility index (Phi) is 3.82. The number of hydrogen-bond donors (Lipinski definition) is 0. The molecule has 5 heteroatoms. The second-order valence-electron chi connectivity index (χ2n) is 4.01. The molecule has 0 aliphatic heterocycles. The molecule has 0 bridgehead atoms. The normalized spacial score (nSPS) is 11.1. The van der Waals surface area contributed by atoms with Crippen LogP contribution in [-0.4, -0.2) is 4.98 Å². The first-order valence-electron chi connectivity index (χ1n) is 5.64. The molecule has 96 valence electrons. The molecule has 3 aromatic rings. The summed E-state index contributed by atoms with van der Waals surface area (Å²) in [6, 6.07) is 13.6. The van der Waals surface area contributed by atoms with Crippen molar-refractivity contribution in [2.24, 2.45) is 0 Å². The summed E-state index contributed by atoms with van der Waals surface area (Å²) >= 11 is 10.9. The Balaban J connectivity index is 1.76. The molecule has 0 unspecified atom stereocenters. The van der Waals surface area contributed by atoms with Gasteiger partial charge in [-0.1, -0.05) is 51.4 Å². The fraction of sp³-hybridized carbons (Fsp3) is 0.0714. The van der Waals surface area contributed by atoms with Gasteiger partial charge in [-0.15, -0.1) is 0 Å². The Morgan fingerprint density at radius 2 is 1.95 bits per heavy atom. The summed E-state index contributed by atoms with van der Waals surface area (Å²) in [7, 11) is 0. The zero-order valence-electron chi connectivity index (χ0n) is 9.77. The third kappa shape index (κ3) is 3.14. The van der Waals surface area contributed by atoms with E-state index in [1.807, 2.05) is 42.5 Å². The lowest BCUT2D eigenvalue weighted by atomic mass is 10.2. The molecule has 0 N–H and O–H groups in total. The lowest BCUT2D eigenvalue weighted by molar-refractivity contribution is 0.489. The van der Waals surface area contributed by atoms with Crippen LogP contribution >= 0.6 is 39.3 Å². The van der Waals surface area contributed by atoms with Gasteiger partial charge < -0.3 is 4.42 Å². The number of benzene rings is 2. The smallest absolute Gasteiger partial charge is 0.257 e. The Hall–Kier alpha value is -0.970. The van der Waals surface area contributed by atoms with Gasteiger partial charge in [-0.05, 0) is 35.9 Å². The van der Waals surface area contributed by atoms with Crippen LogP contribution in [0.5, 0.6) is 0 Å². The third-order valence-electron chi connectivity index (χ3n) is 2.61. The molecule has 0 aliphatic rings. The first-order chi connectivity index (χ1) is 9.20. The molecule has 3 rings (SSSR count). The molecule has 0 saturated carbocycles. The minimum atomic E-state index is 0.683. The molecule has 2 nitrogen and oxygen atoms in total. The molecule has 0 fully saturated rings. The number of rotatable bonds is 3. The SMILES string of the molecule is Clc1ccc(CSc2nc3cc(Br)ccc3o2)cc1. The summed E-state index contributed by atoms with van der Waals surface area (Å²) in [5, 5.41) is 1.43. The van der Waals surface area contributed by atoms with E-state index in [1.165, 1.54) is 5.56 Å². The van der Waals surface area contributed by atoms with Crippen molar-refractivity contribution in [3.05, 3.63) is 57.5 Å². The van der Waals surface area contributed by atoms with Crippen LogP contribution in [0.25, 0.3) is 11.1 Å². The molecule has 0 amide bonds. The maximum absolute atomic E-state index is 5.85. The highest BCUT2D eigenvalue weighted by Gasteiger charge is 2.07. The average Bonchev–Trinajstić information content (AvgIpc) is 2.80. The van der Waals surface area contributed by atoms with Crippen LogP contribution in [0.3, 0.4) is 0 Å². The summed E-state index contributed by atoms with van der Waals surface area (Å²) in [6.07, 6.45) is 0. The van der Waals surface area contributed by atoms with E-state index in [-0.39, 0.29) is 0 Å². The van der Waals surface area contributed by atoms with E-state index in [0.717, 1.165) is 26.3 Å². The minimum absolute atomic E-state index is 0.683. The van der Waals surface area contributed by atoms with Crippen LogP contribution in [0.4, 0.5) is 0 Å². The number of hydrogen-bond acceptors (Lipinski definition) is 3. The minimum Gasteiger partial charge on any atom is -0.431 e. The highest BCUT2D eigenvalue weighted by atomic mass is 79.9. The summed E-state index contributed by atoms with van der Waals surface area (Å²) in [4.78, 5) is 4.45. The number of oxazole rings is 1. The molecule has 1 aromatic heterocycles. The Morgan fingerprint density at radius 1 is 1.16 bits per heavy atom. The fourth-order valence-electron chi connectivity index (χ4n) is 1.67. The summed E-state index contributed by atoms with van der Waals surface area (Å²) in [5.41, 5.74) is 2.87. The van der Waals surface area contributed by atoms with Crippen LogP contribution in [-0.2, 0) is 5.75 Å². The fourth-order valence-corrected chi connectivity index (χ4v) is 2.94. The molecule has 0 radical (unpaired) electrons. The molecular formula is C14H9BrClNOS. The zero-order chi connectivity index (χ0) is 13.2. The number of nitrogens with zero attached hydrogens (tertiary/aromatic N) is 1. The second-order valence-corrected chi connectivity index (χ2v) is 6.29. The van der Waals surface area contributed by atoms with Crippen molar-refractivity contribution in [3.8, 4) is 0 Å². The van der Waals surface area contributed by atoms with Gasteiger partial charge in [-0.3, -0.25) is 0 Å². The van der Waals surface area contributed by atoms with Crippen molar-refractivity contribution in [2.75, 3.05) is 0 Å². The van der Waals surface area contributed by atoms with Gasteiger partial charge in [-0.2, -0.15) is 0 Å². The standard InChI is InChI=1S/C14H9BrClNOS/c15-10-3-6-13-12(7-10)17-14(18-13)19-8-9-1-4-11(16)5-2-9/h1-7H,8H2. The first kappa shape index (κ1) is 13.0. The predicted octanol–water partition coefficient (Wildman–Crippen LogP) is 5.54. The largest absolute Gasteiger partial charge is 0.431 e. The van der Waals surface area contributed by atoms with E-state index < -0.39 is 0 Å². The molecule has 0 saturated heterocycles. The maximum Gasteiger partial charge on any atom is 0.257 e. The zero-order valence-corrected chi connectivity index (χ0v) is 12.9. The van der Waals surface area contributed by atoms with Gasteiger partial charge >= 0.3 is 0 Å². The van der Waals surface area contributed by atoms with E-state index in [2.05, 4.69) is 20.9 Å². The van der Waals surface area contributed by atoms with Gasteiger partial charge in [0.25, 0.3) is 5.22 Å². The summed E-state index contributed by atoms with van der Waals surface area (Å²) in [6.45, 7) is 0. The van der Waals surface area contributed by atoms with Gasteiger partial charge in [0.2, 0.25) is 0 Å². The second kappa shape index (κ2) is 5.57. The van der Waals surface area contributed by atoms with Crippen molar-refractivity contribution in [2.45, 2.75) is 11.0 Å². The predicted molar refractivity (Wildman–Crippen MR) is 82.7 cm³/mol. The van der Waals surface area contributed by atoms with Gasteiger partial charge in [-0.25, -0.2) is 4.98 Å². The first-order valence-corrected chi connectivity index (χ1v) is 7.80. The molecular weight excluding hydrogens is 346 g/mol. The summed E-state index contributed by atoms with van der Waals surface area (Å²) < 4.78 is 6.68. The third-order valence-corrected chi connectivity index (χ3v) is 4.25.